The molecular weight excluding hydrogens is 508 g/mol. The van der Waals surface area contributed by atoms with Crippen molar-refractivity contribution in [2.45, 2.75) is 6.92 Å². The van der Waals surface area contributed by atoms with Crippen molar-refractivity contribution in [3.63, 3.8) is 0 Å². The summed E-state index contributed by atoms with van der Waals surface area (Å²) in [6, 6.07) is 30.4. The number of nitrogens with zero attached hydrogens (tertiary/aromatic N) is 6. The zero-order valence-corrected chi connectivity index (χ0v) is 21.8. The fraction of sp³-hybridized carbons (Fsp3) is 0.0303. The van der Waals surface area contributed by atoms with Gasteiger partial charge < -0.3 is 9.97 Å². The Morgan fingerprint density at radius 1 is 0.390 bits per heavy atom. The van der Waals surface area contributed by atoms with E-state index in [0.29, 0.717) is 45.9 Å². The molecule has 0 radical (unpaired) electrons. The van der Waals surface area contributed by atoms with E-state index in [-0.39, 0.29) is 0 Å². The zero-order valence-electron chi connectivity index (χ0n) is 21.8. The predicted molar refractivity (Wildman–Crippen MR) is 161 cm³/mol. The van der Waals surface area contributed by atoms with E-state index in [1.165, 1.54) is 0 Å². The molecule has 0 atom stereocenters. The maximum absolute atomic E-state index is 5.08. The first-order chi connectivity index (χ1) is 20.2. The minimum Gasteiger partial charge on any atom is -0.324 e. The van der Waals surface area contributed by atoms with E-state index in [0.717, 1.165) is 49.4 Å². The van der Waals surface area contributed by atoms with Gasteiger partial charge in [-0.05, 0) is 12.5 Å². The van der Waals surface area contributed by atoms with E-state index in [4.69, 9.17) is 29.9 Å². The average molecular weight is 529 g/mol. The lowest BCUT2D eigenvalue weighted by Crippen LogP contribution is -1.85. The summed E-state index contributed by atoms with van der Waals surface area (Å²) in [5.41, 5.74) is 7.60. The topological polar surface area (TPSA) is 109 Å². The molecule has 7 aromatic rings. The molecule has 8 nitrogen and oxygen atoms in total. The Bertz CT molecular complexity index is 2390. The van der Waals surface area contributed by atoms with Gasteiger partial charge in [0, 0.05) is 43.8 Å². The molecule has 0 spiro atoms. The molecule has 4 aromatic carbocycles. The van der Waals surface area contributed by atoms with Crippen LogP contribution in [0.25, 0.3) is 89.7 Å². The highest BCUT2D eigenvalue weighted by atomic mass is 15.1. The molecule has 0 saturated heterocycles. The summed E-state index contributed by atoms with van der Waals surface area (Å²) in [5, 5.41) is 3.83. The van der Waals surface area contributed by atoms with Crippen molar-refractivity contribution in [3.8, 4) is 45.6 Å². The number of H-pyrrole nitrogens is 2. The average Bonchev–Trinajstić information content (AvgIpc) is 3.73. The van der Waals surface area contributed by atoms with Gasteiger partial charge in [-0.15, -0.1) is 0 Å². The van der Waals surface area contributed by atoms with Crippen molar-refractivity contribution >= 4 is 44.1 Å². The maximum atomic E-state index is 5.08. The molecule has 2 aliphatic heterocycles. The highest BCUT2D eigenvalue weighted by molar-refractivity contribution is 6.06. The van der Waals surface area contributed by atoms with Crippen LogP contribution in [0.2, 0.25) is 0 Å². The highest BCUT2D eigenvalue weighted by Crippen LogP contribution is 2.38. The molecular formula is C33H20N8. The summed E-state index contributed by atoms with van der Waals surface area (Å²) in [7, 11) is 0. The van der Waals surface area contributed by atoms with Gasteiger partial charge in [0.1, 0.15) is 22.6 Å². The molecule has 0 amide bonds. The van der Waals surface area contributed by atoms with E-state index in [2.05, 4.69) is 23.0 Å². The van der Waals surface area contributed by atoms with Gasteiger partial charge in [-0.1, -0.05) is 91.0 Å². The molecule has 2 N–H and O–H groups in total. The zero-order chi connectivity index (χ0) is 27.1. The molecule has 0 unspecified atom stereocenters. The van der Waals surface area contributed by atoms with Gasteiger partial charge in [-0.2, -0.15) is 0 Å². The quantitative estimate of drug-likeness (QED) is 0.216. The fourth-order valence-corrected chi connectivity index (χ4v) is 5.86. The lowest BCUT2D eigenvalue weighted by Gasteiger charge is -2.01. The summed E-state index contributed by atoms with van der Waals surface area (Å²) in [4.78, 5) is 37.0. The Balaban J connectivity index is 1.52. The fourth-order valence-electron chi connectivity index (χ4n) is 5.86. The number of nitrogens with one attached hydrogen (secondary N) is 2. The summed E-state index contributed by atoms with van der Waals surface area (Å²) >= 11 is 0. The van der Waals surface area contributed by atoms with Crippen LogP contribution < -0.4 is 0 Å². The van der Waals surface area contributed by atoms with Gasteiger partial charge in [0.25, 0.3) is 0 Å². The smallest absolute Gasteiger partial charge is 0.165 e. The van der Waals surface area contributed by atoms with Gasteiger partial charge in [-0.25, -0.2) is 29.9 Å². The number of fused-ring (bicyclic) bond motifs is 20. The third-order valence-electron chi connectivity index (χ3n) is 7.79. The Kier molecular flexibility index (Phi) is 4.38. The predicted octanol–water partition coefficient (Wildman–Crippen LogP) is 7.18. The Morgan fingerprint density at radius 2 is 0.780 bits per heavy atom. The van der Waals surface area contributed by atoms with Gasteiger partial charge in [0.15, 0.2) is 23.3 Å². The first-order valence-electron chi connectivity index (χ1n) is 13.4. The molecule has 2 aliphatic rings. The van der Waals surface area contributed by atoms with Gasteiger partial charge >= 0.3 is 0 Å². The van der Waals surface area contributed by atoms with E-state index in [1.54, 1.807) is 0 Å². The minimum absolute atomic E-state index is 0.598. The molecule has 5 heterocycles. The maximum Gasteiger partial charge on any atom is 0.165 e. The van der Waals surface area contributed by atoms with Crippen LogP contribution in [-0.4, -0.2) is 39.9 Å². The molecule has 0 aliphatic carbocycles. The van der Waals surface area contributed by atoms with Crippen LogP contribution in [0, 0.1) is 6.92 Å². The van der Waals surface area contributed by atoms with Crippen LogP contribution in [0.3, 0.4) is 0 Å². The second-order valence-electron chi connectivity index (χ2n) is 10.2. The number of hydrogen-bond donors (Lipinski definition) is 2. The van der Waals surface area contributed by atoms with Crippen LogP contribution >= 0.6 is 0 Å². The molecule has 3 aromatic heterocycles. The SMILES string of the molecule is Cc1cccc2c1-c1nc-2nc2[nH]c(nc3nc(nc4[nH]c(n1)c1ccccc41)-c1ccccc1-3)c1ccccc21. The number of rotatable bonds is 0. The molecule has 9 rings (SSSR count). The van der Waals surface area contributed by atoms with Crippen LogP contribution in [0.1, 0.15) is 5.56 Å². The molecule has 0 saturated carbocycles. The third-order valence-corrected chi connectivity index (χ3v) is 7.79. The first kappa shape index (κ1) is 22.1. The standard InChI is InChI=1S/C33H20N8/c1-17-9-8-16-24-25(17)33-40-31-23-15-7-6-14-22(23)29(38-31)36-27-19-11-3-2-10-18(19)26(34-27)35-28-20-12-4-5-13-21(20)30(37-28)39-32(24)41-33/h2-16H,1H3,(H2,34,35,36,37,38,39,40,41). The minimum atomic E-state index is 0.598. The molecule has 8 heteroatoms. The molecule has 0 fully saturated rings. The van der Waals surface area contributed by atoms with Crippen molar-refractivity contribution in [2.24, 2.45) is 0 Å². The summed E-state index contributed by atoms with van der Waals surface area (Å²) in [5.74, 6) is 2.41. The molecule has 8 bridgehead atoms. The Labute approximate surface area is 232 Å². The van der Waals surface area contributed by atoms with Gasteiger partial charge in [0.2, 0.25) is 0 Å². The van der Waals surface area contributed by atoms with E-state index >= 15 is 0 Å². The monoisotopic (exact) mass is 528 g/mol. The number of benzene rings is 4. The summed E-state index contributed by atoms with van der Waals surface area (Å²) in [6.45, 7) is 2.08. The van der Waals surface area contributed by atoms with Crippen LogP contribution in [0.4, 0.5) is 0 Å². The van der Waals surface area contributed by atoms with Crippen molar-refractivity contribution in [2.75, 3.05) is 0 Å². The van der Waals surface area contributed by atoms with Crippen LogP contribution in [0.15, 0.2) is 91.0 Å². The Morgan fingerprint density at radius 3 is 1.29 bits per heavy atom. The third kappa shape index (κ3) is 3.21. The lowest BCUT2D eigenvalue weighted by atomic mass is 10.0. The summed E-state index contributed by atoms with van der Waals surface area (Å²) in [6.07, 6.45) is 0. The second kappa shape index (κ2) is 8.12. The normalized spacial score (nSPS) is 12.0. The Hall–Kier alpha value is -5.76. The summed E-state index contributed by atoms with van der Waals surface area (Å²) < 4.78 is 0. The second-order valence-corrected chi connectivity index (χ2v) is 10.2. The number of hydrogen-bond acceptors (Lipinski definition) is 6. The molecule has 41 heavy (non-hydrogen) atoms. The van der Waals surface area contributed by atoms with Gasteiger partial charge in [-0.3, -0.25) is 0 Å². The lowest BCUT2D eigenvalue weighted by molar-refractivity contribution is 1.19. The number of aromatic nitrogens is 8. The largest absolute Gasteiger partial charge is 0.324 e. The highest BCUT2D eigenvalue weighted by Gasteiger charge is 2.22. The number of aryl methyl sites for hydroxylation is 1. The first-order valence-corrected chi connectivity index (χ1v) is 13.4. The van der Waals surface area contributed by atoms with Gasteiger partial charge in [0.05, 0.1) is 0 Å². The van der Waals surface area contributed by atoms with Crippen LogP contribution in [0.5, 0.6) is 0 Å². The van der Waals surface area contributed by atoms with E-state index < -0.39 is 0 Å². The van der Waals surface area contributed by atoms with Crippen molar-refractivity contribution in [3.05, 3.63) is 96.6 Å². The van der Waals surface area contributed by atoms with Crippen molar-refractivity contribution < 1.29 is 0 Å². The van der Waals surface area contributed by atoms with E-state index in [1.807, 2.05) is 84.9 Å². The van der Waals surface area contributed by atoms with E-state index in [9.17, 15) is 0 Å². The van der Waals surface area contributed by atoms with Crippen molar-refractivity contribution in [1.82, 2.24) is 39.9 Å². The van der Waals surface area contributed by atoms with Crippen LogP contribution in [-0.2, 0) is 0 Å². The van der Waals surface area contributed by atoms with Crippen molar-refractivity contribution in [1.29, 1.82) is 0 Å². The molecule has 192 valence electrons. The number of aromatic amines is 2.